The molecular weight excluding hydrogens is 340 g/mol. The van der Waals surface area contributed by atoms with Crippen LogP contribution in [0.4, 0.5) is 5.69 Å². The van der Waals surface area contributed by atoms with Crippen LogP contribution in [0.25, 0.3) is 6.08 Å². The Bertz CT molecular complexity index is 877. The van der Waals surface area contributed by atoms with Crippen LogP contribution >= 0.6 is 11.8 Å². The summed E-state index contributed by atoms with van der Waals surface area (Å²) in [7, 11) is 0. The van der Waals surface area contributed by atoms with Crippen molar-refractivity contribution in [3.63, 3.8) is 0 Å². The first-order valence-corrected chi connectivity index (χ1v) is 8.42. The normalized spacial score (nSPS) is 17.1. The topological polar surface area (TPSA) is 91.2 Å². The van der Waals surface area contributed by atoms with E-state index in [1.807, 2.05) is 31.2 Å². The summed E-state index contributed by atoms with van der Waals surface area (Å²) in [4.78, 5) is 17.0. The number of carbonyl (C=O) groups excluding carboxylic acids is 1. The quantitative estimate of drug-likeness (QED) is 0.577. The van der Waals surface area contributed by atoms with Crippen molar-refractivity contribution < 1.29 is 19.7 Å². The van der Waals surface area contributed by atoms with Crippen molar-refractivity contribution in [2.24, 2.45) is 4.99 Å². The fourth-order valence-corrected chi connectivity index (χ4v) is 3.03. The lowest BCUT2D eigenvalue weighted by molar-refractivity contribution is -0.115. The summed E-state index contributed by atoms with van der Waals surface area (Å²) < 4.78 is 5.53. The van der Waals surface area contributed by atoms with Gasteiger partial charge in [-0.15, -0.1) is 0 Å². The average molecular weight is 356 g/mol. The van der Waals surface area contributed by atoms with E-state index in [4.69, 9.17) is 4.74 Å². The monoisotopic (exact) mass is 356 g/mol. The molecule has 7 heteroatoms. The Balaban J connectivity index is 1.85. The summed E-state index contributed by atoms with van der Waals surface area (Å²) in [5.74, 6) is -0.0730. The Kier molecular flexibility index (Phi) is 4.95. The minimum atomic E-state index is -0.273. The first kappa shape index (κ1) is 16.9. The zero-order chi connectivity index (χ0) is 17.8. The number of phenolic OH excluding ortho intramolecular Hbond substituents is 2. The van der Waals surface area contributed by atoms with Crippen molar-refractivity contribution in [3.05, 3.63) is 52.9 Å². The number of phenols is 2. The molecule has 2 aromatic carbocycles. The Hall–Kier alpha value is -2.93. The van der Waals surface area contributed by atoms with Gasteiger partial charge in [-0.2, -0.15) is 0 Å². The van der Waals surface area contributed by atoms with Crippen molar-refractivity contribution in [2.75, 3.05) is 6.61 Å². The van der Waals surface area contributed by atoms with E-state index in [2.05, 4.69) is 10.3 Å². The molecule has 0 atom stereocenters. The molecule has 6 nitrogen and oxygen atoms in total. The number of nitrogens with zero attached hydrogens (tertiary/aromatic N) is 1. The molecule has 0 aromatic heterocycles. The average Bonchev–Trinajstić information content (AvgIpc) is 2.92. The number of para-hydroxylation sites is 2. The van der Waals surface area contributed by atoms with Crippen molar-refractivity contribution in [2.45, 2.75) is 6.92 Å². The van der Waals surface area contributed by atoms with Crippen molar-refractivity contribution in [1.82, 2.24) is 5.32 Å². The Morgan fingerprint density at radius 2 is 2.00 bits per heavy atom. The van der Waals surface area contributed by atoms with Gasteiger partial charge >= 0.3 is 0 Å². The van der Waals surface area contributed by atoms with Gasteiger partial charge < -0.3 is 20.3 Å². The third-order valence-electron chi connectivity index (χ3n) is 3.34. The molecule has 3 N–H and O–H groups in total. The smallest absolute Gasteiger partial charge is 0.264 e. The number of rotatable bonds is 4. The molecule has 1 aliphatic rings. The van der Waals surface area contributed by atoms with Gasteiger partial charge in [0.1, 0.15) is 11.4 Å². The number of aliphatic imine (C=N–C) groups is 1. The van der Waals surface area contributed by atoms with Gasteiger partial charge in [0.05, 0.1) is 11.5 Å². The highest BCUT2D eigenvalue weighted by atomic mass is 32.2. The predicted octanol–water partition coefficient (Wildman–Crippen LogP) is 3.39. The second-order valence-electron chi connectivity index (χ2n) is 5.13. The summed E-state index contributed by atoms with van der Waals surface area (Å²) >= 11 is 1.20. The molecule has 1 heterocycles. The van der Waals surface area contributed by atoms with E-state index < -0.39 is 0 Å². The van der Waals surface area contributed by atoms with Gasteiger partial charge in [0.15, 0.2) is 16.7 Å². The van der Waals surface area contributed by atoms with Crippen molar-refractivity contribution >= 4 is 34.6 Å². The molecule has 25 heavy (non-hydrogen) atoms. The van der Waals surface area contributed by atoms with E-state index in [0.717, 1.165) is 0 Å². The lowest BCUT2D eigenvalue weighted by Crippen LogP contribution is -2.19. The van der Waals surface area contributed by atoms with E-state index in [0.29, 0.717) is 33.7 Å². The van der Waals surface area contributed by atoms with Crippen LogP contribution in [0.1, 0.15) is 12.5 Å². The Morgan fingerprint density at radius 1 is 1.20 bits per heavy atom. The molecule has 0 aliphatic carbocycles. The molecule has 0 spiro atoms. The number of aromatic hydroxyl groups is 2. The second-order valence-corrected chi connectivity index (χ2v) is 6.16. The van der Waals surface area contributed by atoms with Crippen LogP contribution in [-0.2, 0) is 4.79 Å². The summed E-state index contributed by atoms with van der Waals surface area (Å²) in [6, 6.07) is 11.7. The lowest BCUT2D eigenvalue weighted by Gasteiger charge is -2.06. The minimum absolute atomic E-state index is 0.208. The maximum atomic E-state index is 12.1. The number of carbonyl (C=O) groups is 1. The number of hydrogen-bond acceptors (Lipinski definition) is 6. The van der Waals surface area contributed by atoms with Gasteiger partial charge in [-0.3, -0.25) is 4.79 Å². The first-order chi connectivity index (χ1) is 12.1. The standard InChI is InChI=1S/C18H16N2O4S/c1-2-24-15-6-4-3-5-12(15)19-18-20-17(23)16(25-18)10-11-7-8-13(21)14(22)9-11/h3-10,21-22H,2H2,1H3,(H,19,20,23). The number of hydrogen-bond donors (Lipinski definition) is 3. The van der Waals surface area contributed by atoms with E-state index in [9.17, 15) is 15.0 Å². The number of thioether (sulfide) groups is 1. The largest absolute Gasteiger partial charge is 0.504 e. The third kappa shape index (κ3) is 3.95. The molecule has 3 rings (SSSR count). The molecule has 1 fully saturated rings. The zero-order valence-electron chi connectivity index (χ0n) is 13.4. The molecule has 0 saturated carbocycles. The van der Waals surface area contributed by atoms with Gasteiger partial charge in [-0.25, -0.2) is 4.99 Å². The third-order valence-corrected chi connectivity index (χ3v) is 4.25. The van der Waals surface area contributed by atoms with Gasteiger partial charge in [-0.05, 0) is 54.6 Å². The zero-order valence-corrected chi connectivity index (χ0v) is 14.2. The van der Waals surface area contributed by atoms with Gasteiger partial charge in [0.2, 0.25) is 0 Å². The number of benzene rings is 2. The molecule has 0 radical (unpaired) electrons. The van der Waals surface area contributed by atoms with Crippen molar-refractivity contribution in [3.8, 4) is 17.2 Å². The van der Waals surface area contributed by atoms with Crippen LogP contribution in [0, 0.1) is 0 Å². The molecular formula is C18H16N2O4S. The van der Waals surface area contributed by atoms with Crippen LogP contribution < -0.4 is 10.1 Å². The molecule has 2 aromatic rings. The number of amidine groups is 1. The van der Waals surface area contributed by atoms with Crippen LogP contribution in [0.15, 0.2) is 52.4 Å². The van der Waals surface area contributed by atoms with Crippen LogP contribution in [0.5, 0.6) is 17.2 Å². The Morgan fingerprint density at radius 3 is 2.76 bits per heavy atom. The van der Waals surface area contributed by atoms with Crippen LogP contribution in [0.3, 0.4) is 0 Å². The molecule has 1 amide bonds. The maximum Gasteiger partial charge on any atom is 0.264 e. The second kappa shape index (κ2) is 7.31. The predicted molar refractivity (Wildman–Crippen MR) is 98.2 cm³/mol. The first-order valence-electron chi connectivity index (χ1n) is 7.60. The Labute approximate surface area is 148 Å². The van der Waals surface area contributed by atoms with Crippen molar-refractivity contribution in [1.29, 1.82) is 0 Å². The van der Waals surface area contributed by atoms with E-state index in [1.54, 1.807) is 12.1 Å². The SMILES string of the molecule is CCOc1ccccc1N=C1NC(=O)C(=Cc2ccc(O)c(O)c2)S1. The van der Waals surface area contributed by atoms with Gasteiger partial charge in [-0.1, -0.05) is 18.2 Å². The highest BCUT2D eigenvalue weighted by Gasteiger charge is 2.24. The highest BCUT2D eigenvalue weighted by Crippen LogP contribution is 2.33. The fraction of sp³-hybridized carbons (Fsp3) is 0.111. The fourth-order valence-electron chi connectivity index (χ4n) is 2.20. The van der Waals surface area contributed by atoms with Gasteiger partial charge in [0.25, 0.3) is 5.91 Å². The molecule has 128 valence electrons. The van der Waals surface area contributed by atoms with E-state index >= 15 is 0 Å². The van der Waals surface area contributed by atoms with Gasteiger partial charge in [0, 0.05) is 0 Å². The molecule has 0 unspecified atom stereocenters. The molecule has 1 aliphatic heterocycles. The minimum Gasteiger partial charge on any atom is -0.504 e. The molecule has 0 bridgehead atoms. The maximum absolute atomic E-state index is 12.1. The van der Waals surface area contributed by atoms with E-state index in [-0.39, 0.29) is 17.4 Å². The number of nitrogens with one attached hydrogen (secondary N) is 1. The summed E-state index contributed by atoms with van der Waals surface area (Å²) in [5, 5.41) is 22.0. The summed E-state index contributed by atoms with van der Waals surface area (Å²) in [6.45, 7) is 2.42. The number of amides is 1. The highest BCUT2D eigenvalue weighted by molar-refractivity contribution is 8.18. The van der Waals surface area contributed by atoms with Crippen LogP contribution in [0.2, 0.25) is 0 Å². The summed E-state index contributed by atoms with van der Waals surface area (Å²) in [5.41, 5.74) is 1.24. The number of ether oxygens (including phenoxy) is 1. The van der Waals surface area contributed by atoms with E-state index in [1.165, 1.54) is 23.9 Å². The summed E-state index contributed by atoms with van der Waals surface area (Å²) in [6.07, 6.45) is 1.62. The molecule has 1 saturated heterocycles. The van der Waals surface area contributed by atoms with Crippen LogP contribution in [-0.4, -0.2) is 27.9 Å². The lowest BCUT2D eigenvalue weighted by atomic mass is 10.2.